The molecule has 3 N–H and O–H groups in total. The molecule has 0 fully saturated rings. The van der Waals surface area contributed by atoms with Crippen molar-refractivity contribution in [3.05, 3.63) is 23.5 Å². The van der Waals surface area contributed by atoms with E-state index in [0.717, 1.165) is 28.0 Å². The molecule has 4 nitrogen and oxygen atoms in total. The number of aromatic nitrogens is 2. The summed E-state index contributed by atoms with van der Waals surface area (Å²) in [6.07, 6.45) is 1.76. The van der Waals surface area contributed by atoms with Gasteiger partial charge in [0.15, 0.2) is 0 Å². The first-order chi connectivity index (χ1) is 7.13. The number of benzene rings is 1. The maximum absolute atomic E-state index is 6.00. The zero-order valence-electron chi connectivity index (χ0n) is 9.13. The van der Waals surface area contributed by atoms with E-state index >= 15 is 0 Å². The Bertz CT molecular complexity index is 519. The fourth-order valence-corrected chi connectivity index (χ4v) is 1.65. The van der Waals surface area contributed by atoms with E-state index < -0.39 is 0 Å². The third kappa shape index (κ3) is 1.48. The second-order valence-electron chi connectivity index (χ2n) is 3.61. The summed E-state index contributed by atoms with van der Waals surface area (Å²) in [7, 11) is 1.85. The van der Waals surface area contributed by atoms with Gasteiger partial charge in [-0.1, -0.05) is 0 Å². The van der Waals surface area contributed by atoms with E-state index in [0.29, 0.717) is 5.69 Å². The number of hydrogen-bond donors (Lipinski definition) is 2. The average Bonchev–Trinajstić information content (AvgIpc) is 2.23. The average molecular weight is 202 g/mol. The van der Waals surface area contributed by atoms with Crippen molar-refractivity contribution in [2.45, 2.75) is 13.8 Å². The van der Waals surface area contributed by atoms with E-state index in [1.165, 1.54) is 0 Å². The Morgan fingerprint density at radius 1 is 1.27 bits per heavy atom. The number of anilines is 2. The molecule has 15 heavy (non-hydrogen) atoms. The monoisotopic (exact) mass is 202 g/mol. The summed E-state index contributed by atoms with van der Waals surface area (Å²) >= 11 is 0. The molecule has 0 aliphatic rings. The predicted octanol–water partition coefficient (Wildman–Crippen LogP) is 1.87. The van der Waals surface area contributed by atoms with Crippen molar-refractivity contribution in [1.29, 1.82) is 0 Å². The van der Waals surface area contributed by atoms with Crippen LogP contribution in [0, 0.1) is 13.8 Å². The van der Waals surface area contributed by atoms with Gasteiger partial charge >= 0.3 is 0 Å². The maximum Gasteiger partial charge on any atom is 0.114 e. The van der Waals surface area contributed by atoms with Crippen molar-refractivity contribution in [3.63, 3.8) is 0 Å². The van der Waals surface area contributed by atoms with Crippen molar-refractivity contribution in [2.75, 3.05) is 18.1 Å². The molecule has 0 bridgehead atoms. The highest BCUT2D eigenvalue weighted by atomic mass is 14.9. The lowest BCUT2D eigenvalue weighted by Gasteiger charge is -2.10. The molecular weight excluding hydrogens is 188 g/mol. The predicted molar refractivity (Wildman–Crippen MR) is 63.0 cm³/mol. The molecule has 1 heterocycles. The fraction of sp³-hybridized carbons (Fsp3) is 0.273. The summed E-state index contributed by atoms with van der Waals surface area (Å²) in [5.74, 6) is 0. The minimum absolute atomic E-state index is 0.661. The van der Waals surface area contributed by atoms with Crippen LogP contribution in [0.1, 0.15) is 11.3 Å². The van der Waals surface area contributed by atoms with Gasteiger partial charge in [-0.2, -0.15) is 0 Å². The van der Waals surface area contributed by atoms with Crippen LogP contribution in [0.25, 0.3) is 11.0 Å². The Kier molecular flexibility index (Phi) is 2.19. The van der Waals surface area contributed by atoms with Crippen LogP contribution in [-0.4, -0.2) is 17.0 Å². The number of fused-ring (bicyclic) bond motifs is 1. The van der Waals surface area contributed by atoms with Gasteiger partial charge in [-0.15, -0.1) is 0 Å². The van der Waals surface area contributed by atoms with E-state index in [1.54, 1.807) is 6.20 Å². The highest BCUT2D eigenvalue weighted by Gasteiger charge is 2.08. The second-order valence-corrected chi connectivity index (χ2v) is 3.61. The van der Waals surface area contributed by atoms with Gasteiger partial charge in [-0.3, -0.25) is 4.98 Å². The summed E-state index contributed by atoms with van der Waals surface area (Å²) in [6, 6.07) is 1.99. The number of nitrogen functional groups attached to an aromatic ring is 1. The minimum atomic E-state index is 0.661. The van der Waals surface area contributed by atoms with E-state index in [2.05, 4.69) is 15.3 Å². The van der Waals surface area contributed by atoms with Gasteiger partial charge in [0.25, 0.3) is 0 Å². The first-order valence-corrected chi connectivity index (χ1v) is 4.83. The van der Waals surface area contributed by atoms with Crippen LogP contribution in [0.3, 0.4) is 0 Å². The fourth-order valence-electron chi connectivity index (χ4n) is 1.65. The number of rotatable bonds is 1. The number of nitrogens with zero attached hydrogens (tertiary/aromatic N) is 2. The van der Waals surface area contributed by atoms with Crippen LogP contribution in [0.5, 0.6) is 0 Å². The van der Waals surface area contributed by atoms with E-state index in [4.69, 9.17) is 5.73 Å². The lowest BCUT2D eigenvalue weighted by atomic mass is 10.1. The topological polar surface area (TPSA) is 63.8 Å². The van der Waals surface area contributed by atoms with Crippen LogP contribution in [0.4, 0.5) is 11.4 Å². The Hall–Kier alpha value is -1.84. The van der Waals surface area contributed by atoms with E-state index in [9.17, 15) is 0 Å². The smallest absolute Gasteiger partial charge is 0.114 e. The van der Waals surface area contributed by atoms with Gasteiger partial charge in [0.05, 0.1) is 22.6 Å². The second kappa shape index (κ2) is 3.38. The van der Waals surface area contributed by atoms with Crippen LogP contribution in [-0.2, 0) is 0 Å². The third-order valence-electron chi connectivity index (χ3n) is 2.44. The highest BCUT2D eigenvalue weighted by molar-refractivity contribution is 5.95. The molecule has 1 aromatic carbocycles. The molecule has 0 radical (unpaired) electrons. The van der Waals surface area contributed by atoms with Crippen molar-refractivity contribution in [1.82, 2.24) is 9.97 Å². The summed E-state index contributed by atoms with van der Waals surface area (Å²) in [4.78, 5) is 8.76. The Labute approximate surface area is 88.5 Å². The van der Waals surface area contributed by atoms with Crippen LogP contribution in [0.15, 0.2) is 12.3 Å². The molecule has 2 aromatic rings. The van der Waals surface area contributed by atoms with Gasteiger partial charge in [0.1, 0.15) is 5.52 Å². The van der Waals surface area contributed by atoms with Crippen LogP contribution < -0.4 is 11.1 Å². The largest absolute Gasteiger partial charge is 0.395 e. The normalized spacial score (nSPS) is 10.6. The third-order valence-corrected chi connectivity index (χ3v) is 2.44. The van der Waals surface area contributed by atoms with Gasteiger partial charge in [0.2, 0.25) is 0 Å². The van der Waals surface area contributed by atoms with E-state index in [-0.39, 0.29) is 0 Å². The Morgan fingerprint density at radius 3 is 2.67 bits per heavy atom. The minimum Gasteiger partial charge on any atom is -0.395 e. The van der Waals surface area contributed by atoms with Crippen LogP contribution >= 0.6 is 0 Å². The molecule has 2 rings (SSSR count). The number of nitrogens with two attached hydrogens (primary N) is 1. The quantitative estimate of drug-likeness (QED) is 0.693. The molecule has 0 spiro atoms. The lowest BCUT2D eigenvalue weighted by Crippen LogP contribution is -2.01. The van der Waals surface area contributed by atoms with Crippen molar-refractivity contribution in [2.24, 2.45) is 0 Å². The molecular formula is C11H14N4. The van der Waals surface area contributed by atoms with Crippen LogP contribution in [0.2, 0.25) is 0 Å². The van der Waals surface area contributed by atoms with Gasteiger partial charge in [-0.25, -0.2) is 4.98 Å². The standard InChI is InChI=1S/C11H14N4/c1-6-4-8(13-3)9(12)11-10(6)14-5-7(2)15-11/h4-5,13H,12H2,1-3H3. The van der Waals surface area contributed by atoms with Gasteiger partial charge in [-0.05, 0) is 25.5 Å². The summed E-state index contributed by atoms with van der Waals surface area (Å²) < 4.78 is 0. The SMILES string of the molecule is CNc1cc(C)c2ncc(C)nc2c1N. The van der Waals surface area contributed by atoms with Gasteiger partial charge < -0.3 is 11.1 Å². The highest BCUT2D eigenvalue weighted by Crippen LogP contribution is 2.28. The van der Waals surface area contributed by atoms with Crippen molar-refractivity contribution in [3.8, 4) is 0 Å². The summed E-state index contributed by atoms with van der Waals surface area (Å²) in [5, 5.41) is 3.05. The molecule has 0 amide bonds. The molecule has 0 aliphatic carbocycles. The lowest BCUT2D eigenvalue weighted by molar-refractivity contribution is 1.18. The molecule has 0 saturated heterocycles. The molecule has 0 aliphatic heterocycles. The Morgan fingerprint density at radius 2 is 2.00 bits per heavy atom. The molecule has 0 atom stereocenters. The molecule has 4 heteroatoms. The summed E-state index contributed by atoms with van der Waals surface area (Å²) in [5.41, 5.74) is 11.2. The number of hydrogen-bond acceptors (Lipinski definition) is 4. The first-order valence-electron chi connectivity index (χ1n) is 4.83. The zero-order valence-corrected chi connectivity index (χ0v) is 9.13. The van der Waals surface area contributed by atoms with Gasteiger partial charge in [0, 0.05) is 13.2 Å². The zero-order chi connectivity index (χ0) is 11.0. The molecule has 1 aromatic heterocycles. The molecule has 0 saturated carbocycles. The first kappa shape index (κ1) is 9.71. The summed E-state index contributed by atoms with van der Waals surface area (Å²) in [6.45, 7) is 3.92. The molecule has 0 unspecified atom stereocenters. The van der Waals surface area contributed by atoms with Crippen molar-refractivity contribution >= 4 is 22.4 Å². The van der Waals surface area contributed by atoms with Crippen molar-refractivity contribution < 1.29 is 0 Å². The maximum atomic E-state index is 6.00. The van der Waals surface area contributed by atoms with E-state index in [1.807, 2.05) is 27.0 Å². The number of nitrogens with one attached hydrogen (secondary N) is 1. The molecule has 78 valence electrons. The number of aryl methyl sites for hydroxylation is 2. The Balaban J connectivity index is 2.88.